The maximum atomic E-state index is 13.4. The van der Waals surface area contributed by atoms with Gasteiger partial charge in [-0.15, -0.1) is 0 Å². The van der Waals surface area contributed by atoms with Gasteiger partial charge in [0.25, 0.3) is 0 Å². The molecule has 3 aliphatic rings. The molecule has 0 aliphatic carbocycles. The summed E-state index contributed by atoms with van der Waals surface area (Å²) in [6.45, 7) is 1.72. The second-order valence-corrected chi connectivity index (χ2v) is 25.0. The topological polar surface area (TPSA) is 307 Å². The van der Waals surface area contributed by atoms with Crippen LogP contribution in [0.15, 0.2) is 36.5 Å². The predicted octanol–water partition coefficient (Wildman–Crippen LogP) is 8.83. The number of ether oxygens (including phenoxy) is 6. The van der Waals surface area contributed by atoms with Gasteiger partial charge in [0.2, 0.25) is 5.91 Å². The van der Waals surface area contributed by atoms with E-state index in [2.05, 4.69) is 43.5 Å². The number of carbonyl (C=O) groups excluding carboxylic acids is 1. The van der Waals surface area contributed by atoms with Crippen molar-refractivity contribution in [3.05, 3.63) is 36.5 Å². The number of amides is 1. The lowest BCUT2D eigenvalue weighted by Crippen LogP contribution is -2.66. The van der Waals surface area contributed by atoms with Crippen LogP contribution in [-0.2, 0) is 33.2 Å². The average Bonchev–Trinajstić information content (AvgIpc) is 2.88. The van der Waals surface area contributed by atoms with Crippen LogP contribution in [0, 0.1) is 0 Å². The Morgan fingerprint density at radius 3 is 1.18 bits per heavy atom. The average molecular weight is 1240 g/mol. The number of unbranched alkanes of at least 4 members (excludes halogenated alkanes) is 33. The molecule has 1 amide bonds. The summed E-state index contributed by atoms with van der Waals surface area (Å²) in [6.07, 6.45) is 31.2. The smallest absolute Gasteiger partial charge is 0.220 e. The molecule has 19 heteroatoms. The quantitative estimate of drug-likeness (QED) is 0.0200. The molecule has 0 aromatic heterocycles. The van der Waals surface area contributed by atoms with Crippen molar-refractivity contribution in [2.75, 3.05) is 26.4 Å². The minimum Gasteiger partial charge on any atom is -0.394 e. The molecule has 87 heavy (non-hydrogen) atoms. The second kappa shape index (κ2) is 50.6. The molecule has 0 aromatic carbocycles. The summed E-state index contributed by atoms with van der Waals surface area (Å²) in [7, 11) is 0. The van der Waals surface area contributed by atoms with Crippen LogP contribution < -0.4 is 5.32 Å². The van der Waals surface area contributed by atoms with Crippen molar-refractivity contribution in [1.82, 2.24) is 5.32 Å². The fourth-order valence-corrected chi connectivity index (χ4v) is 11.8. The van der Waals surface area contributed by atoms with E-state index in [0.717, 1.165) is 70.6 Å². The highest BCUT2D eigenvalue weighted by Gasteiger charge is 2.53. The van der Waals surface area contributed by atoms with Crippen LogP contribution in [0.1, 0.15) is 258 Å². The van der Waals surface area contributed by atoms with Gasteiger partial charge in [-0.05, 0) is 51.4 Å². The van der Waals surface area contributed by atoms with Crippen LogP contribution in [0.3, 0.4) is 0 Å². The Hall–Kier alpha value is -1.99. The highest BCUT2D eigenvalue weighted by Crippen LogP contribution is 2.33. The normalized spacial score (nSPS) is 28.8. The number of aliphatic hydroxyl groups is 11. The van der Waals surface area contributed by atoms with E-state index in [4.69, 9.17) is 28.4 Å². The van der Waals surface area contributed by atoms with Gasteiger partial charge in [0.15, 0.2) is 18.9 Å². The summed E-state index contributed by atoms with van der Waals surface area (Å²) in [5.41, 5.74) is 0. The van der Waals surface area contributed by atoms with E-state index >= 15 is 0 Å². The molecular weight excluding hydrogens is 1120 g/mol. The standard InChI is InChI=1S/C68H125NO18/c1-3-5-7-9-11-13-15-17-19-21-22-23-24-25-26-27-28-29-30-31-33-35-37-39-41-43-45-52(73)51(69-56(74)46-44-42-40-38-36-34-32-20-18-16-14-12-10-8-6-4-2)50-82-66-62(80)59(77)64(54(48-71)84-66)87-68-63(81)60(78)65(55(49-72)85-68)86-67-61(79)58(76)57(75)53(47-70)83-67/h14,16,20,32,43,45,51-55,57-68,70-73,75-81H,3-13,15,17-19,21-31,33-42,44,46-50H2,1-2H3,(H,69,74)/b16-14-,32-20-,45-43+. The van der Waals surface area contributed by atoms with Crippen molar-refractivity contribution in [1.29, 1.82) is 0 Å². The summed E-state index contributed by atoms with van der Waals surface area (Å²) in [5.74, 6) is -0.287. The van der Waals surface area contributed by atoms with Crippen LogP contribution >= 0.6 is 0 Å². The van der Waals surface area contributed by atoms with Gasteiger partial charge in [0.05, 0.1) is 38.6 Å². The molecule has 19 nitrogen and oxygen atoms in total. The number of aliphatic hydroxyl groups excluding tert-OH is 11. The maximum absolute atomic E-state index is 13.4. The second-order valence-electron chi connectivity index (χ2n) is 25.0. The first-order chi connectivity index (χ1) is 42.3. The SMILES string of the molecule is CCCCCC/C=C\C/C=C\CCCCCCCC(=O)NC(COC1OC(CO)C(OC2OC(CO)C(OC3OC(CO)C(O)C(O)C3O)C(O)C2O)C(O)C1O)C(O)/C=C/CCCCCCCCCCCCCCCCCCCCCCCCCC. The first-order valence-electron chi connectivity index (χ1n) is 34.7. The zero-order valence-corrected chi connectivity index (χ0v) is 53.8. The van der Waals surface area contributed by atoms with E-state index in [1.54, 1.807) is 6.08 Å². The fraction of sp³-hybridized carbons (Fsp3) is 0.897. The molecule has 0 saturated carbocycles. The van der Waals surface area contributed by atoms with Crippen LogP contribution in [0.25, 0.3) is 0 Å². The number of rotatable bonds is 53. The molecular formula is C68H125NO18. The maximum Gasteiger partial charge on any atom is 0.220 e. The molecule has 3 fully saturated rings. The van der Waals surface area contributed by atoms with Crippen molar-refractivity contribution < 1.29 is 89.4 Å². The zero-order chi connectivity index (χ0) is 63.3. The van der Waals surface area contributed by atoms with Gasteiger partial charge in [0.1, 0.15) is 73.2 Å². The summed E-state index contributed by atoms with van der Waals surface area (Å²) < 4.78 is 34.3. The zero-order valence-electron chi connectivity index (χ0n) is 53.8. The van der Waals surface area contributed by atoms with Crippen molar-refractivity contribution in [2.45, 2.75) is 362 Å². The molecule has 17 atom stereocenters. The van der Waals surface area contributed by atoms with Gasteiger partial charge in [-0.2, -0.15) is 0 Å². The molecule has 0 spiro atoms. The Morgan fingerprint density at radius 2 is 0.759 bits per heavy atom. The Labute approximate surface area is 523 Å². The van der Waals surface area contributed by atoms with E-state index in [1.807, 2.05) is 6.08 Å². The van der Waals surface area contributed by atoms with Crippen LogP contribution in [0.2, 0.25) is 0 Å². The highest BCUT2D eigenvalue weighted by atomic mass is 16.8. The number of hydrogen-bond donors (Lipinski definition) is 12. The Morgan fingerprint density at radius 1 is 0.414 bits per heavy atom. The summed E-state index contributed by atoms with van der Waals surface area (Å²) >= 11 is 0. The van der Waals surface area contributed by atoms with Gasteiger partial charge in [0, 0.05) is 6.42 Å². The lowest BCUT2D eigenvalue weighted by Gasteiger charge is -2.48. The number of carbonyl (C=O) groups is 1. The molecule has 0 bridgehead atoms. The number of allylic oxidation sites excluding steroid dienone is 5. The first kappa shape index (κ1) is 79.2. The molecule has 3 aliphatic heterocycles. The molecule has 3 saturated heterocycles. The van der Waals surface area contributed by atoms with Gasteiger partial charge in [-0.1, -0.05) is 237 Å². The molecule has 3 heterocycles. The summed E-state index contributed by atoms with van der Waals surface area (Å²) in [6, 6.07) is -0.981. The molecule has 17 unspecified atom stereocenters. The van der Waals surface area contributed by atoms with E-state index in [1.165, 1.54) is 161 Å². The molecule has 3 rings (SSSR count). The van der Waals surface area contributed by atoms with Gasteiger partial charge in [-0.25, -0.2) is 0 Å². The fourth-order valence-electron chi connectivity index (χ4n) is 11.8. The van der Waals surface area contributed by atoms with E-state index in [-0.39, 0.29) is 18.9 Å². The van der Waals surface area contributed by atoms with E-state index in [9.17, 15) is 61.0 Å². The third-order valence-electron chi connectivity index (χ3n) is 17.4. The first-order valence-corrected chi connectivity index (χ1v) is 34.7. The van der Waals surface area contributed by atoms with E-state index in [0.29, 0.717) is 6.42 Å². The minimum absolute atomic E-state index is 0.228. The van der Waals surface area contributed by atoms with Crippen LogP contribution in [0.5, 0.6) is 0 Å². The van der Waals surface area contributed by atoms with Gasteiger partial charge < -0.3 is 89.9 Å². The van der Waals surface area contributed by atoms with Crippen molar-refractivity contribution in [2.24, 2.45) is 0 Å². The van der Waals surface area contributed by atoms with E-state index < -0.39 is 124 Å². The molecule has 0 radical (unpaired) electrons. The van der Waals surface area contributed by atoms with Gasteiger partial charge in [-0.3, -0.25) is 4.79 Å². The lowest BCUT2D eigenvalue weighted by atomic mass is 9.96. The molecule has 0 aromatic rings. The molecule has 510 valence electrons. The van der Waals surface area contributed by atoms with Crippen molar-refractivity contribution >= 4 is 5.91 Å². The molecule has 12 N–H and O–H groups in total. The van der Waals surface area contributed by atoms with Crippen LogP contribution in [-0.4, -0.2) is 193 Å². The lowest BCUT2D eigenvalue weighted by molar-refractivity contribution is -0.379. The third-order valence-corrected chi connectivity index (χ3v) is 17.4. The number of hydrogen-bond acceptors (Lipinski definition) is 18. The monoisotopic (exact) mass is 1240 g/mol. The Kier molecular flexibility index (Phi) is 46.0. The predicted molar refractivity (Wildman–Crippen MR) is 337 cm³/mol. The summed E-state index contributed by atoms with van der Waals surface area (Å²) in [5, 5.41) is 120. The van der Waals surface area contributed by atoms with Crippen molar-refractivity contribution in [3.63, 3.8) is 0 Å². The van der Waals surface area contributed by atoms with Crippen molar-refractivity contribution in [3.8, 4) is 0 Å². The van der Waals surface area contributed by atoms with Gasteiger partial charge >= 0.3 is 0 Å². The Balaban J connectivity index is 1.44. The third kappa shape index (κ3) is 32.9. The summed E-state index contributed by atoms with van der Waals surface area (Å²) in [4.78, 5) is 13.4. The van der Waals surface area contributed by atoms with Crippen LogP contribution in [0.4, 0.5) is 0 Å². The largest absolute Gasteiger partial charge is 0.394 e. The Bertz CT molecular complexity index is 1720. The minimum atomic E-state index is -1.98. The highest BCUT2D eigenvalue weighted by molar-refractivity contribution is 5.76. The number of nitrogens with one attached hydrogen (secondary N) is 1.